The first kappa shape index (κ1) is 18.6. The lowest BCUT2D eigenvalue weighted by Gasteiger charge is -2.29. The molecule has 144 valence electrons. The summed E-state index contributed by atoms with van der Waals surface area (Å²) in [4.78, 5) is 11.0. The van der Waals surface area contributed by atoms with Crippen LogP contribution >= 0.6 is 12.2 Å². The molecular weight excluding hydrogens is 370 g/mol. The summed E-state index contributed by atoms with van der Waals surface area (Å²) >= 11 is 5.71. The minimum atomic E-state index is -0.0215. The highest BCUT2D eigenvalue weighted by atomic mass is 32.1. The van der Waals surface area contributed by atoms with Crippen LogP contribution in [0.15, 0.2) is 67.3 Å². The van der Waals surface area contributed by atoms with E-state index < -0.39 is 0 Å². The highest BCUT2D eigenvalue weighted by Crippen LogP contribution is 2.39. The molecule has 1 aliphatic rings. The van der Waals surface area contributed by atoms with E-state index in [2.05, 4.69) is 43.1 Å². The van der Waals surface area contributed by atoms with Crippen molar-refractivity contribution in [1.29, 1.82) is 0 Å². The number of methoxy groups -OCH3 is 1. The Kier molecular flexibility index (Phi) is 5.64. The van der Waals surface area contributed by atoms with E-state index in [1.54, 1.807) is 7.11 Å². The molecule has 2 atom stereocenters. The summed E-state index contributed by atoms with van der Waals surface area (Å²) < 4.78 is 7.45. The van der Waals surface area contributed by atoms with Crippen molar-refractivity contribution in [2.75, 3.05) is 20.3 Å². The van der Waals surface area contributed by atoms with Gasteiger partial charge in [-0.3, -0.25) is 9.97 Å². The van der Waals surface area contributed by atoms with Crippen molar-refractivity contribution in [1.82, 2.24) is 24.8 Å². The largest absolute Gasteiger partial charge is 0.385 e. The Morgan fingerprint density at radius 2 is 1.96 bits per heavy atom. The molecule has 0 aromatic carbocycles. The molecule has 0 saturated carbocycles. The molecule has 0 unspecified atom stereocenters. The van der Waals surface area contributed by atoms with Crippen LogP contribution in [0.2, 0.25) is 0 Å². The Balaban J connectivity index is 1.75. The maximum Gasteiger partial charge on any atom is 0.170 e. The Bertz CT molecular complexity index is 915. The molecule has 4 rings (SSSR count). The monoisotopic (exact) mass is 393 g/mol. The first-order chi connectivity index (χ1) is 13.8. The first-order valence-corrected chi connectivity index (χ1v) is 9.75. The zero-order chi connectivity index (χ0) is 19.3. The van der Waals surface area contributed by atoms with Gasteiger partial charge in [0.05, 0.1) is 17.8 Å². The fraction of sp³-hybridized carbons (Fsp3) is 0.286. The molecule has 1 saturated heterocycles. The minimum Gasteiger partial charge on any atom is -0.385 e. The molecule has 1 N–H and O–H groups in total. The lowest BCUT2D eigenvalue weighted by molar-refractivity contribution is 0.180. The van der Waals surface area contributed by atoms with E-state index in [-0.39, 0.29) is 12.1 Å². The summed E-state index contributed by atoms with van der Waals surface area (Å²) in [7, 11) is 1.73. The number of nitrogens with one attached hydrogen (secondary N) is 1. The van der Waals surface area contributed by atoms with Crippen LogP contribution in [0.25, 0.3) is 5.69 Å². The van der Waals surface area contributed by atoms with E-state index in [4.69, 9.17) is 17.0 Å². The molecule has 7 heteroatoms. The second-order valence-electron chi connectivity index (χ2n) is 6.67. The predicted octanol–water partition coefficient (Wildman–Crippen LogP) is 3.28. The van der Waals surface area contributed by atoms with Gasteiger partial charge in [0.1, 0.15) is 0 Å². The standard InChI is InChI=1S/C21H23N5OS/c1-27-15-5-14-26-20(19(24-21(26)28)17-6-2-3-10-23-17)18-7-4-13-25(18)16-8-11-22-12-9-16/h2-4,6-13,19-20H,5,14-15H2,1H3,(H,24,28)/t19-,20+/m1/s1. The Hall–Kier alpha value is -2.77. The van der Waals surface area contributed by atoms with E-state index in [1.807, 2.05) is 48.9 Å². The number of pyridine rings is 2. The number of ether oxygens (including phenoxy) is 1. The Labute approximate surface area is 170 Å². The van der Waals surface area contributed by atoms with Gasteiger partial charge in [-0.05, 0) is 55.0 Å². The molecule has 1 fully saturated rings. The SMILES string of the molecule is COCCCN1C(=S)N[C@H](c2ccccn2)[C@@H]1c1cccn1-c1ccncc1. The van der Waals surface area contributed by atoms with Crippen LogP contribution in [0.1, 0.15) is 29.9 Å². The molecule has 1 aliphatic heterocycles. The van der Waals surface area contributed by atoms with Gasteiger partial charge in [0.2, 0.25) is 0 Å². The molecule has 0 radical (unpaired) electrons. The van der Waals surface area contributed by atoms with Crippen molar-refractivity contribution in [2.45, 2.75) is 18.5 Å². The Morgan fingerprint density at radius 3 is 2.71 bits per heavy atom. The highest BCUT2D eigenvalue weighted by Gasteiger charge is 2.40. The van der Waals surface area contributed by atoms with Crippen LogP contribution in [0, 0.1) is 0 Å². The molecule has 0 amide bonds. The van der Waals surface area contributed by atoms with E-state index in [0.717, 1.165) is 35.2 Å². The van der Waals surface area contributed by atoms with Crippen molar-refractivity contribution in [3.8, 4) is 5.69 Å². The molecule has 3 aromatic heterocycles. The summed E-state index contributed by atoms with van der Waals surface area (Å²) in [6, 6.07) is 14.2. The van der Waals surface area contributed by atoms with Crippen LogP contribution < -0.4 is 5.32 Å². The molecule has 28 heavy (non-hydrogen) atoms. The predicted molar refractivity (Wildman–Crippen MR) is 112 cm³/mol. The summed E-state index contributed by atoms with van der Waals surface area (Å²) in [5.74, 6) is 0. The van der Waals surface area contributed by atoms with Crippen LogP contribution in [0.4, 0.5) is 0 Å². The summed E-state index contributed by atoms with van der Waals surface area (Å²) in [5, 5.41) is 4.24. The number of nitrogens with zero attached hydrogens (tertiary/aromatic N) is 4. The second kappa shape index (κ2) is 8.50. The second-order valence-corrected chi connectivity index (χ2v) is 7.06. The molecule has 0 bridgehead atoms. The molecule has 3 aromatic rings. The quantitative estimate of drug-likeness (QED) is 0.491. The number of thiocarbonyl (C=S) groups is 1. The summed E-state index contributed by atoms with van der Waals surface area (Å²) in [5.41, 5.74) is 3.21. The first-order valence-electron chi connectivity index (χ1n) is 9.34. The van der Waals surface area contributed by atoms with Crippen molar-refractivity contribution in [3.05, 3.63) is 78.6 Å². The van der Waals surface area contributed by atoms with Crippen LogP contribution in [0.5, 0.6) is 0 Å². The van der Waals surface area contributed by atoms with Crippen LogP contribution in [-0.4, -0.2) is 44.8 Å². The highest BCUT2D eigenvalue weighted by molar-refractivity contribution is 7.80. The van der Waals surface area contributed by atoms with Gasteiger partial charge in [-0.1, -0.05) is 6.07 Å². The minimum absolute atomic E-state index is 0.0215. The number of hydrogen-bond acceptors (Lipinski definition) is 4. The van der Waals surface area contributed by atoms with Gasteiger partial charge in [-0.2, -0.15) is 0 Å². The van der Waals surface area contributed by atoms with Gasteiger partial charge in [0.15, 0.2) is 5.11 Å². The average molecular weight is 394 g/mol. The third-order valence-electron chi connectivity index (χ3n) is 4.97. The summed E-state index contributed by atoms with van der Waals surface area (Å²) in [6.45, 7) is 1.51. The zero-order valence-electron chi connectivity index (χ0n) is 15.7. The third-order valence-corrected chi connectivity index (χ3v) is 5.32. The summed E-state index contributed by atoms with van der Waals surface area (Å²) in [6.07, 6.45) is 8.42. The molecule has 6 nitrogen and oxygen atoms in total. The van der Waals surface area contributed by atoms with Crippen LogP contribution in [0.3, 0.4) is 0 Å². The maximum absolute atomic E-state index is 5.71. The van der Waals surface area contributed by atoms with Gasteiger partial charge < -0.3 is 19.5 Å². The van der Waals surface area contributed by atoms with Gasteiger partial charge in [0.25, 0.3) is 0 Å². The Morgan fingerprint density at radius 1 is 1.11 bits per heavy atom. The number of aromatic nitrogens is 3. The molecule has 0 aliphatic carbocycles. The van der Waals surface area contributed by atoms with Gasteiger partial charge >= 0.3 is 0 Å². The smallest absolute Gasteiger partial charge is 0.170 e. The molecule has 0 spiro atoms. The molecular formula is C21H23N5OS. The van der Waals surface area contributed by atoms with Gasteiger partial charge in [0, 0.05) is 56.4 Å². The fourth-order valence-corrected chi connectivity index (χ4v) is 4.05. The van der Waals surface area contributed by atoms with E-state index in [1.165, 1.54) is 0 Å². The number of hydrogen-bond donors (Lipinski definition) is 1. The van der Waals surface area contributed by atoms with Crippen molar-refractivity contribution in [2.24, 2.45) is 0 Å². The zero-order valence-corrected chi connectivity index (χ0v) is 16.5. The third kappa shape index (κ3) is 3.63. The lowest BCUT2D eigenvalue weighted by atomic mass is 10.0. The fourth-order valence-electron chi connectivity index (χ4n) is 3.72. The average Bonchev–Trinajstić information content (AvgIpc) is 3.34. The number of rotatable bonds is 7. The van der Waals surface area contributed by atoms with Crippen LogP contribution in [-0.2, 0) is 4.74 Å². The van der Waals surface area contributed by atoms with Gasteiger partial charge in [-0.25, -0.2) is 0 Å². The van der Waals surface area contributed by atoms with E-state index in [9.17, 15) is 0 Å². The lowest BCUT2D eigenvalue weighted by Crippen LogP contribution is -2.32. The van der Waals surface area contributed by atoms with E-state index in [0.29, 0.717) is 6.61 Å². The molecule has 4 heterocycles. The topological polar surface area (TPSA) is 55.2 Å². The maximum atomic E-state index is 5.71. The van der Waals surface area contributed by atoms with Crippen molar-refractivity contribution in [3.63, 3.8) is 0 Å². The van der Waals surface area contributed by atoms with Crippen molar-refractivity contribution < 1.29 is 4.74 Å². The van der Waals surface area contributed by atoms with Gasteiger partial charge in [-0.15, -0.1) is 0 Å². The van der Waals surface area contributed by atoms with Crippen molar-refractivity contribution >= 4 is 17.3 Å². The normalized spacial score (nSPS) is 19.0. The van der Waals surface area contributed by atoms with E-state index >= 15 is 0 Å².